The Morgan fingerprint density at radius 2 is 1.91 bits per heavy atom. The number of piperazine rings is 1. The molecule has 0 unspecified atom stereocenters. The number of carbonyl (C=O) groups excluding carboxylic acids is 1. The molecule has 1 atom stereocenters. The Morgan fingerprint density at radius 1 is 1.26 bits per heavy atom. The number of pyridine rings is 1. The summed E-state index contributed by atoms with van der Waals surface area (Å²) in [5, 5.41) is 11.4. The third kappa shape index (κ3) is 5.80. The first-order valence-electron chi connectivity index (χ1n) is 11.0. The van der Waals surface area contributed by atoms with E-state index in [1.54, 1.807) is 17.0 Å². The topological polar surface area (TPSA) is 124 Å². The number of nitrogen functional groups attached to an aromatic ring is 1. The van der Waals surface area contributed by atoms with Gasteiger partial charge in [-0.1, -0.05) is 25.4 Å². The van der Waals surface area contributed by atoms with Crippen molar-refractivity contribution in [2.45, 2.75) is 46.3 Å². The minimum Gasteiger partial charge on any atom is -0.448 e. The molecule has 1 aromatic carbocycles. The van der Waals surface area contributed by atoms with Gasteiger partial charge >= 0.3 is 11.8 Å². The van der Waals surface area contributed by atoms with Crippen LogP contribution >= 0.6 is 11.6 Å². The highest BCUT2D eigenvalue weighted by Gasteiger charge is 2.35. The van der Waals surface area contributed by atoms with Gasteiger partial charge in [0.2, 0.25) is 11.6 Å². The Morgan fingerprint density at radius 3 is 2.47 bits per heavy atom. The normalized spacial score (nSPS) is 16.5. The second kappa shape index (κ2) is 9.92. The van der Waals surface area contributed by atoms with Gasteiger partial charge in [0.1, 0.15) is 16.4 Å². The van der Waals surface area contributed by atoms with E-state index in [1.165, 1.54) is 6.20 Å². The van der Waals surface area contributed by atoms with E-state index in [0.717, 1.165) is 5.69 Å². The third-order valence-electron chi connectivity index (χ3n) is 5.41. The average Bonchev–Trinajstić information content (AvgIpc) is 2.75. The predicted molar refractivity (Wildman–Crippen MR) is 131 cm³/mol. The molecule has 0 saturated carbocycles. The molecule has 1 fully saturated rings. The molecule has 2 aromatic rings. The molecule has 3 rings (SSSR count). The lowest BCUT2D eigenvalue weighted by molar-refractivity contribution is -0.384. The SMILES string of the molecule is CC(C)[C@H]1CN(c2ccc(Oc3c(Cl)cnc(N)c3[N+](=O)[O-])cc2)CCN1C(=O)OC(C)(C)C. The van der Waals surface area contributed by atoms with Crippen molar-refractivity contribution in [2.75, 3.05) is 30.3 Å². The number of nitrogens with two attached hydrogens (primary N) is 1. The number of halogens is 1. The summed E-state index contributed by atoms with van der Waals surface area (Å²) in [7, 11) is 0. The summed E-state index contributed by atoms with van der Waals surface area (Å²) in [6, 6.07) is 7.12. The third-order valence-corrected chi connectivity index (χ3v) is 5.68. The van der Waals surface area contributed by atoms with Crippen molar-refractivity contribution in [3.63, 3.8) is 0 Å². The van der Waals surface area contributed by atoms with Crippen LogP contribution in [0.15, 0.2) is 30.5 Å². The van der Waals surface area contributed by atoms with Crippen molar-refractivity contribution in [2.24, 2.45) is 5.92 Å². The number of nitrogens with zero attached hydrogens (tertiary/aromatic N) is 4. The van der Waals surface area contributed by atoms with Crippen LogP contribution in [-0.4, -0.2) is 52.2 Å². The molecule has 1 aromatic heterocycles. The lowest BCUT2D eigenvalue weighted by Gasteiger charge is -2.44. The van der Waals surface area contributed by atoms with E-state index in [-0.39, 0.29) is 34.6 Å². The van der Waals surface area contributed by atoms with E-state index in [0.29, 0.717) is 25.4 Å². The number of rotatable bonds is 5. The van der Waals surface area contributed by atoms with E-state index < -0.39 is 16.2 Å². The standard InChI is InChI=1S/C23H30ClN5O5/c1-14(2)18-13-27(10-11-28(18)22(30)34-23(3,4)5)15-6-8-16(9-7-15)33-20-17(24)12-26-21(25)19(20)29(31)32/h6-9,12,14,18H,10-11,13H2,1-5H3,(H2,25,26)/t18-/m1/s1. The fourth-order valence-corrected chi connectivity index (χ4v) is 3.93. The van der Waals surface area contributed by atoms with Crippen molar-refractivity contribution in [3.8, 4) is 11.5 Å². The van der Waals surface area contributed by atoms with Gasteiger partial charge in [0.05, 0.1) is 17.2 Å². The van der Waals surface area contributed by atoms with Gasteiger partial charge in [0.15, 0.2) is 0 Å². The van der Waals surface area contributed by atoms with Crippen molar-refractivity contribution in [3.05, 3.63) is 45.6 Å². The van der Waals surface area contributed by atoms with Gasteiger partial charge in [-0.2, -0.15) is 0 Å². The molecule has 184 valence electrons. The number of benzene rings is 1. The summed E-state index contributed by atoms with van der Waals surface area (Å²) >= 11 is 6.08. The first kappa shape index (κ1) is 25.4. The maximum Gasteiger partial charge on any atom is 0.410 e. The Balaban J connectivity index is 1.75. The fourth-order valence-electron chi connectivity index (χ4n) is 3.75. The lowest BCUT2D eigenvalue weighted by atomic mass is 9.99. The average molecular weight is 492 g/mol. The van der Waals surface area contributed by atoms with Gasteiger partial charge in [-0.3, -0.25) is 10.1 Å². The van der Waals surface area contributed by atoms with Gasteiger partial charge in [0, 0.05) is 25.3 Å². The van der Waals surface area contributed by atoms with Gasteiger partial charge in [0.25, 0.3) is 0 Å². The molecule has 1 aliphatic heterocycles. The molecule has 0 radical (unpaired) electrons. The molecular formula is C23H30ClN5O5. The maximum absolute atomic E-state index is 12.7. The summed E-state index contributed by atoms with van der Waals surface area (Å²) in [6.45, 7) is 11.6. The summed E-state index contributed by atoms with van der Waals surface area (Å²) in [6.07, 6.45) is 0.911. The maximum atomic E-state index is 12.7. The summed E-state index contributed by atoms with van der Waals surface area (Å²) in [5.41, 5.74) is 5.55. The van der Waals surface area contributed by atoms with Crippen LogP contribution in [0.2, 0.25) is 5.02 Å². The second-order valence-electron chi connectivity index (χ2n) is 9.45. The molecular weight excluding hydrogens is 462 g/mol. The molecule has 2 heterocycles. The zero-order valence-electron chi connectivity index (χ0n) is 19.9. The number of aromatic nitrogens is 1. The molecule has 11 heteroatoms. The van der Waals surface area contributed by atoms with Gasteiger partial charge in [-0.25, -0.2) is 9.78 Å². The lowest BCUT2D eigenvalue weighted by Crippen LogP contribution is -2.58. The van der Waals surface area contributed by atoms with Crippen LogP contribution < -0.4 is 15.4 Å². The van der Waals surface area contributed by atoms with E-state index >= 15 is 0 Å². The Hall–Kier alpha value is -3.27. The van der Waals surface area contributed by atoms with Crippen LogP contribution in [0.5, 0.6) is 11.5 Å². The van der Waals surface area contributed by atoms with E-state index in [1.807, 2.05) is 32.9 Å². The summed E-state index contributed by atoms with van der Waals surface area (Å²) in [5.74, 6) is 0.172. The number of ether oxygens (including phenoxy) is 2. The quantitative estimate of drug-likeness (QED) is 0.452. The minimum absolute atomic E-state index is 0.0111. The highest BCUT2D eigenvalue weighted by Crippen LogP contribution is 2.40. The number of amides is 1. The van der Waals surface area contributed by atoms with E-state index in [4.69, 9.17) is 26.8 Å². The number of carbonyl (C=O) groups is 1. The van der Waals surface area contributed by atoms with E-state index in [9.17, 15) is 14.9 Å². The molecule has 0 bridgehead atoms. The Kier molecular flexibility index (Phi) is 7.40. The second-order valence-corrected chi connectivity index (χ2v) is 9.86. The molecule has 0 aliphatic carbocycles. The zero-order valence-corrected chi connectivity index (χ0v) is 20.7. The van der Waals surface area contributed by atoms with Gasteiger partial charge < -0.3 is 25.0 Å². The highest BCUT2D eigenvalue weighted by atomic mass is 35.5. The highest BCUT2D eigenvalue weighted by molar-refractivity contribution is 6.32. The molecule has 1 saturated heterocycles. The zero-order chi connectivity index (χ0) is 25.2. The van der Waals surface area contributed by atoms with Crippen LogP contribution in [0.1, 0.15) is 34.6 Å². The summed E-state index contributed by atoms with van der Waals surface area (Å²) in [4.78, 5) is 31.1. The van der Waals surface area contributed by atoms with Crippen molar-refractivity contribution >= 4 is 34.9 Å². The van der Waals surface area contributed by atoms with Crippen LogP contribution in [0.3, 0.4) is 0 Å². The molecule has 1 aliphatic rings. The largest absolute Gasteiger partial charge is 0.448 e. The van der Waals surface area contributed by atoms with Crippen LogP contribution in [0, 0.1) is 16.0 Å². The number of hydrogen-bond acceptors (Lipinski definition) is 8. The molecule has 1 amide bonds. The first-order valence-corrected chi connectivity index (χ1v) is 11.4. The fraction of sp³-hybridized carbons (Fsp3) is 0.478. The predicted octanol–water partition coefficient (Wildman–Crippen LogP) is 5.10. The smallest absolute Gasteiger partial charge is 0.410 e. The minimum atomic E-state index is -0.672. The number of anilines is 2. The Labute approximate surface area is 203 Å². The van der Waals surface area contributed by atoms with Crippen molar-refractivity contribution < 1.29 is 19.2 Å². The van der Waals surface area contributed by atoms with Crippen LogP contribution in [-0.2, 0) is 4.74 Å². The van der Waals surface area contributed by atoms with Crippen molar-refractivity contribution in [1.82, 2.24) is 9.88 Å². The van der Waals surface area contributed by atoms with Gasteiger partial charge in [-0.05, 0) is 51.0 Å². The molecule has 0 spiro atoms. The van der Waals surface area contributed by atoms with E-state index in [2.05, 4.69) is 23.7 Å². The monoisotopic (exact) mass is 491 g/mol. The summed E-state index contributed by atoms with van der Waals surface area (Å²) < 4.78 is 11.3. The first-order chi connectivity index (χ1) is 15.9. The van der Waals surface area contributed by atoms with Crippen LogP contribution in [0.25, 0.3) is 0 Å². The number of nitro groups is 1. The van der Waals surface area contributed by atoms with Crippen LogP contribution in [0.4, 0.5) is 22.0 Å². The molecule has 10 nitrogen and oxygen atoms in total. The molecule has 2 N–H and O–H groups in total. The Bertz CT molecular complexity index is 1050. The molecule has 34 heavy (non-hydrogen) atoms. The van der Waals surface area contributed by atoms with Crippen molar-refractivity contribution in [1.29, 1.82) is 0 Å². The number of hydrogen-bond donors (Lipinski definition) is 1. The van der Waals surface area contributed by atoms with Gasteiger partial charge in [-0.15, -0.1) is 0 Å².